The number of aromatic nitrogens is 2. The zero-order valence-corrected chi connectivity index (χ0v) is 13.1. The van der Waals surface area contributed by atoms with Gasteiger partial charge in [-0.05, 0) is 5.56 Å². The van der Waals surface area contributed by atoms with E-state index in [-0.39, 0.29) is 19.1 Å². The van der Waals surface area contributed by atoms with Crippen molar-refractivity contribution in [2.75, 3.05) is 13.1 Å². The highest BCUT2D eigenvalue weighted by Gasteiger charge is 2.21. The summed E-state index contributed by atoms with van der Waals surface area (Å²) in [6.07, 6.45) is 3.33. The summed E-state index contributed by atoms with van der Waals surface area (Å²) < 4.78 is 5.08. The average molecular weight is 326 g/mol. The van der Waals surface area contributed by atoms with Gasteiger partial charge in [-0.3, -0.25) is 4.79 Å². The molecule has 0 bridgehead atoms. The number of carbonyl (C=O) groups excluding carboxylic acids is 2. The Morgan fingerprint density at radius 3 is 2.92 bits per heavy atom. The van der Waals surface area contributed by atoms with Crippen molar-refractivity contribution in [1.29, 1.82) is 0 Å². The molecule has 0 unspecified atom stereocenters. The number of rotatable bonds is 4. The molecule has 2 heterocycles. The summed E-state index contributed by atoms with van der Waals surface area (Å²) in [6.45, 7) is 1.14. The minimum absolute atomic E-state index is 0.0867. The normalized spacial score (nSPS) is 13.1. The summed E-state index contributed by atoms with van der Waals surface area (Å²) in [5, 5.41) is 2.49. The Morgan fingerprint density at radius 2 is 2.08 bits per heavy atom. The van der Waals surface area contributed by atoms with Crippen LogP contribution in [0.5, 0.6) is 0 Å². The zero-order valence-electron chi connectivity index (χ0n) is 13.1. The lowest BCUT2D eigenvalue weighted by molar-refractivity contribution is -0.131. The van der Waals surface area contributed by atoms with Crippen LogP contribution in [0, 0.1) is 0 Å². The number of amides is 2. The van der Waals surface area contributed by atoms with Gasteiger partial charge in [0.25, 0.3) is 0 Å². The smallest absolute Gasteiger partial charge is 0.407 e. The Balaban J connectivity index is 1.43. The van der Waals surface area contributed by atoms with Crippen LogP contribution in [0.3, 0.4) is 0 Å². The van der Waals surface area contributed by atoms with E-state index >= 15 is 0 Å². The van der Waals surface area contributed by atoms with E-state index in [1.54, 1.807) is 11.1 Å². The highest BCUT2D eigenvalue weighted by molar-refractivity contribution is 5.82. The summed E-state index contributed by atoms with van der Waals surface area (Å²) in [4.78, 5) is 33.7. The lowest BCUT2D eigenvalue weighted by Gasteiger charge is -2.27. The van der Waals surface area contributed by atoms with Crippen molar-refractivity contribution < 1.29 is 14.3 Å². The number of nitrogens with zero attached hydrogens (tertiary/aromatic N) is 3. The van der Waals surface area contributed by atoms with Gasteiger partial charge in [0.1, 0.15) is 19.5 Å². The van der Waals surface area contributed by atoms with Crippen molar-refractivity contribution in [2.45, 2.75) is 19.6 Å². The monoisotopic (exact) mass is 326 g/mol. The van der Waals surface area contributed by atoms with Crippen LogP contribution in [-0.4, -0.2) is 40.0 Å². The minimum atomic E-state index is -0.604. The lowest BCUT2D eigenvalue weighted by atomic mass is 10.1. The second-order valence-corrected chi connectivity index (χ2v) is 5.48. The Labute approximate surface area is 139 Å². The number of fused-ring (bicyclic) bond motifs is 1. The molecule has 0 spiro atoms. The second kappa shape index (κ2) is 7.54. The van der Waals surface area contributed by atoms with E-state index in [0.717, 1.165) is 16.8 Å². The number of alkyl carbamates (subject to hydrolysis) is 1. The van der Waals surface area contributed by atoms with Crippen molar-refractivity contribution in [3.8, 4) is 0 Å². The molecule has 24 heavy (non-hydrogen) atoms. The number of carbonyl (C=O) groups is 2. The standard InChI is InChI=1S/C17H18N4O3/c22-16(21-7-6-15-14(10-21)8-18-12-20-15)9-19-17(23)24-11-13-4-2-1-3-5-13/h1-5,8,12H,6-7,9-11H2,(H,19,23). The quantitative estimate of drug-likeness (QED) is 0.915. The highest BCUT2D eigenvalue weighted by atomic mass is 16.5. The molecule has 0 atom stereocenters. The third kappa shape index (κ3) is 4.07. The lowest BCUT2D eigenvalue weighted by Crippen LogP contribution is -2.42. The minimum Gasteiger partial charge on any atom is -0.445 e. The molecule has 0 saturated heterocycles. The molecule has 2 aromatic rings. The molecule has 0 aliphatic carbocycles. The van der Waals surface area contributed by atoms with Gasteiger partial charge in [0, 0.05) is 31.3 Å². The molecule has 1 N–H and O–H groups in total. The molecule has 7 nitrogen and oxygen atoms in total. The van der Waals surface area contributed by atoms with Crippen LogP contribution < -0.4 is 5.32 Å². The maximum absolute atomic E-state index is 12.2. The van der Waals surface area contributed by atoms with E-state index in [9.17, 15) is 9.59 Å². The van der Waals surface area contributed by atoms with Crippen molar-refractivity contribution in [3.05, 3.63) is 59.7 Å². The summed E-state index contributed by atoms with van der Waals surface area (Å²) in [5.41, 5.74) is 2.82. The van der Waals surface area contributed by atoms with Gasteiger partial charge in [0.05, 0.1) is 5.69 Å². The number of ether oxygens (including phenoxy) is 1. The molecule has 7 heteroatoms. The molecular formula is C17H18N4O3. The van der Waals surface area contributed by atoms with Crippen molar-refractivity contribution >= 4 is 12.0 Å². The molecule has 0 radical (unpaired) electrons. The molecule has 0 fully saturated rings. The van der Waals surface area contributed by atoms with E-state index in [4.69, 9.17) is 4.74 Å². The molecule has 1 aromatic carbocycles. The fourth-order valence-electron chi connectivity index (χ4n) is 2.51. The van der Waals surface area contributed by atoms with Crippen molar-refractivity contribution in [1.82, 2.24) is 20.2 Å². The Morgan fingerprint density at radius 1 is 1.25 bits per heavy atom. The molecule has 3 rings (SSSR count). The predicted octanol–water partition coefficient (Wildman–Crippen LogP) is 1.29. The zero-order chi connectivity index (χ0) is 16.8. The summed E-state index contributed by atoms with van der Waals surface area (Å²) in [7, 11) is 0. The van der Waals surface area contributed by atoms with E-state index in [1.165, 1.54) is 6.33 Å². The molecule has 2 amide bonds. The Kier molecular flexibility index (Phi) is 5.00. The Bertz CT molecular complexity index is 721. The summed E-state index contributed by atoms with van der Waals surface area (Å²) in [5.74, 6) is -0.152. The third-order valence-electron chi connectivity index (χ3n) is 3.81. The van der Waals surface area contributed by atoms with E-state index < -0.39 is 6.09 Å². The molecule has 1 aromatic heterocycles. The Hall–Kier alpha value is -2.96. The van der Waals surface area contributed by atoms with Crippen molar-refractivity contribution in [2.24, 2.45) is 0 Å². The van der Waals surface area contributed by atoms with Gasteiger partial charge in [-0.15, -0.1) is 0 Å². The molecule has 124 valence electrons. The van der Waals surface area contributed by atoms with Gasteiger partial charge in [0.15, 0.2) is 0 Å². The topological polar surface area (TPSA) is 84.4 Å². The first-order valence-corrected chi connectivity index (χ1v) is 7.72. The van der Waals surface area contributed by atoms with Crippen LogP contribution >= 0.6 is 0 Å². The van der Waals surface area contributed by atoms with Gasteiger partial charge in [0.2, 0.25) is 5.91 Å². The van der Waals surface area contributed by atoms with Crippen molar-refractivity contribution in [3.63, 3.8) is 0 Å². The molecule has 0 saturated carbocycles. The van der Waals surface area contributed by atoms with Crippen LogP contribution in [-0.2, 0) is 29.1 Å². The van der Waals surface area contributed by atoms with Gasteiger partial charge in [-0.2, -0.15) is 0 Å². The number of benzene rings is 1. The van der Waals surface area contributed by atoms with Crippen LogP contribution in [0.1, 0.15) is 16.8 Å². The van der Waals surface area contributed by atoms with Gasteiger partial charge in [-0.1, -0.05) is 30.3 Å². The van der Waals surface area contributed by atoms with Gasteiger partial charge in [-0.25, -0.2) is 14.8 Å². The SMILES string of the molecule is O=C(NCC(=O)N1CCc2ncncc2C1)OCc1ccccc1. The molecule has 1 aliphatic heterocycles. The predicted molar refractivity (Wildman–Crippen MR) is 85.8 cm³/mol. The third-order valence-corrected chi connectivity index (χ3v) is 3.81. The van der Waals surface area contributed by atoms with Gasteiger partial charge < -0.3 is 15.0 Å². The number of nitrogens with one attached hydrogen (secondary N) is 1. The number of hydrogen-bond donors (Lipinski definition) is 1. The molecule has 1 aliphatic rings. The first-order chi connectivity index (χ1) is 11.7. The van der Waals surface area contributed by atoms with Crippen LogP contribution in [0.4, 0.5) is 4.79 Å². The van der Waals surface area contributed by atoms with Gasteiger partial charge >= 0.3 is 6.09 Å². The summed E-state index contributed by atoms with van der Waals surface area (Å²) >= 11 is 0. The van der Waals surface area contributed by atoms with Crippen LogP contribution in [0.2, 0.25) is 0 Å². The largest absolute Gasteiger partial charge is 0.445 e. The number of hydrogen-bond acceptors (Lipinski definition) is 5. The van der Waals surface area contributed by atoms with E-state index in [2.05, 4.69) is 15.3 Å². The second-order valence-electron chi connectivity index (χ2n) is 5.48. The average Bonchev–Trinajstić information content (AvgIpc) is 2.65. The first-order valence-electron chi connectivity index (χ1n) is 7.72. The maximum Gasteiger partial charge on any atom is 0.407 e. The summed E-state index contributed by atoms with van der Waals surface area (Å²) in [6, 6.07) is 9.37. The van der Waals surface area contributed by atoms with Crippen LogP contribution in [0.25, 0.3) is 0 Å². The fraction of sp³-hybridized carbons (Fsp3) is 0.294. The van der Waals surface area contributed by atoms with Crippen LogP contribution in [0.15, 0.2) is 42.9 Å². The van der Waals surface area contributed by atoms with E-state index in [0.29, 0.717) is 19.5 Å². The van der Waals surface area contributed by atoms with E-state index in [1.807, 2.05) is 30.3 Å². The molecular weight excluding hydrogens is 308 g/mol. The highest BCUT2D eigenvalue weighted by Crippen LogP contribution is 2.15. The first kappa shape index (κ1) is 15.9. The maximum atomic E-state index is 12.2. The fourth-order valence-corrected chi connectivity index (χ4v) is 2.51.